The molecular formula is C11H19NO4. The maximum absolute atomic E-state index is 11.9. The number of ether oxygens (including phenoxy) is 2. The quantitative estimate of drug-likeness (QED) is 0.673. The average Bonchev–Trinajstić information content (AvgIpc) is 2.64. The number of likely N-dealkylation sites (tertiary alicyclic amines) is 1. The summed E-state index contributed by atoms with van der Waals surface area (Å²) in [6.07, 6.45) is 1.28. The van der Waals surface area contributed by atoms with Gasteiger partial charge in [0, 0.05) is 26.5 Å². The Morgan fingerprint density at radius 3 is 2.50 bits per heavy atom. The summed E-state index contributed by atoms with van der Waals surface area (Å²) in [5.74, 6) is -0.608. The van der Waals surface area contributed by atoms with Crippen LogP contribution in [0.1, 0.15) is 33.6 Å². The lowest BCUT2D eigenvalue weighted by atomic mass is 10.1. The summed E-state index contributed by atoms with van der Waals surface area (Å²) in [7, 11) is 0. The highest BCUT2D eigenvalue weighted by Gasteiger charge is 2.51. The minimum Gasteiger partial charge on any atom is -0.462 e. The molecule has 0 aromatic carbocycles. The van der Waals surface area contributed by atoms with Gasteiger partial charge in [-0.3, -0.25) is 4.79 Å². The summed E-state index contributed by atoms with van der Waals surface area (Å²) in [5, 5.41) is 0. The Hall–Kier alpha value is -1.10. The number of rotatable bonds is 4. The van der Waals surface area contributed by atoms with Crippen LogP contribution in [0.3, 0.4) is 0 Å². The predicted molar refractivity (Wildman–Crippen MR) is 57.6 cm³/mol. The lowest BCUT2D eigenvalue weighted by Gasteiger charge is -2.34. The molecule has 1 aliphatic heterocycles. The zero-order valence-corrected chi connectivity index (χ0v) is 10.1. The second-order valence-corrected chi connectivity index (χ2v) is 3.71. The first-order chi connectivity index (χ1) is 7.58. The zero-order chi connectivity index (χ0) is 12.2. The molecule has 0 spiro atoms. The maximum Gasteiger partial charge on any atom is 0.360 e. The van der Waals surface area contributed by atoms with Gasteiger partial charge in [0.15, 0.2) is 0 Å². The van der Waals surface area contributed by atoms with Crippen LogP contribution in [0.2, 0.25) is 0 Å². The first-order valence-corrected chi connectivity index (χ1v) is 5.68. The fourth-order valence-corrected chi connectivity index (χ4v) is 2.11. The van der Waals surface area contributed by atoms with E-state index in [0.29, 0.717) is 26.2 Å². The van der Waals surface area contributed by atoms with Crippen LogP contribution in [0, 0.1) is 0 Å². The molecule has 0 saturated carbocycles. The van der Waals surface area contributed by atoms with Gasteiger partial charge in [-0.15, -0.1) is 0 Å². The summed E-state index contributed by atoms with van der Waals surface area (Å²) >= 11 is 0. The molecule has 0 aromatic heterocycles. The second kappa shape index (κ2) is 5.30. The Kier molecular flexibility index (Phi) is 4.29. The summed E-state index contributed by atoms with van der Waals surface area (Å²) in [5.41, 5.74) is -1.18. The van der Waals surface area contributed by atoms with Crippen molar-refractivity contribution in [1.82, 2.24) is 4.90 Å². The van der Waals surface area contributed by atoms with E-state index in [-0.39, 0.29) is 5.91 Å². The molecule has 1 fully saturated rings. The van der Waals surface area contributed by atoms with Crippen LogP contribution in [0.25, 0.3) is 0 Å². The number of nitrogens with zero attached hydrogens (tertiary/aromatic N) is 1. The van der Waals surface area contributed by atoms with Gasteiger partial charge in [-0.1, -0.05) is 0 Å². The molecule has 92 valence electrons. The zero-order valence-electron chi connectivity index (χ0n) is 10.1. The number of esters is 1. The Morgan fingerprint density at radius 1 is 1.31 bits per heavy atom. The molecule has 0 unspecified atom stereocenters. The van der Waals surface area contributed by atoms with Crippen molar-refractivity contribution in [3.63, 3.8) is 0 Å². The smallest absolute Gasteiger partial charge is 0.360 e. The monoisotopic (exact) mass is 229 g/mol. The Bertz CT molecular complexity index is 279. The standard InChI is InChI=1S/C11H19NO4/c1-4-15-10(14)11(16-5-2)7-6-8-12(11)9(3)13/h4-8H2,1-3H3/t11-/m1/s1. The van der Waals surface area contributed by atoms with E-state index in [1.165, 1.54) is 11.8 Å². The predicted octanol–water partition coefficient (Wildman–Crippen LogP) is 0.925. The van der Waals surface area contributed by atoms with Crippen LogP contribution < -0.4 is 0 Å². The first-order valence-electron chi connectivity index (χ1n) is 5.68. The van der Waals surface area contributed by atoms with Crippen LogP contribution in [-0.4, -0.2) is 42.3 Å². The van der Waals surface area contributed by atoms with Crippen molar-refractivity contribution in [3.8, 4) is 0 Å². The molecule has 5 heteroatoms. The summed E-state index contributed by atoms with van der Waals surface area (Å²) in [6.45, 7) is 6.21. The fourth-order valence-electron chi connectivity index (χ4n) is 2.11. The van der Waals surface area contributed by atoms with E-state index in [2.05, 4.69) is 0 Å². The largest absolute Gasteiger partial charge is 0.462 e. The number of amides is 1. The van der Waals surface area contributed by atoms with E-state index in [1.54, 1.807) is 13.8 Å². The molecule has 1 amide bonds. The van der Waals surface area contributed by atoms with E-state index < -0.39 is 11.7 Å². The van der Waals surface area contributed by atoms with Crippen molar-refractivity contribution < 1.29 is 19.1 Å². The van der Waals surface area contributed by atoms with Crippen LogP contribution in [0.15, 0.2) is 0 Å². The van der Waals surface area contributed by atoms with Crippen LogP contribution in [0.5, 0.6) is 0 Å². The van der Waals surface area contributed by atoms with Gasteiger partial charge < -0.3 is 14.4 Å². The fraction of sp³-hybridized carbons (Fsp3) is 0.818. The first kappa shape index (κ1) is 13.0. The van der Waals surface area contributed by atoms with Crippen LogP contribution >= 0.6 is 0 Å². The average molecular weight is 229 g/mol. The number of hydrogen-bond acceptors (Lipinski definition) is 4. The summed E-state index contributed by atoms with van der Waals surface area (Å²) in [4.78, 5) is 24.9. The van der Waals surface area contributed by atoms with Crippen molar-refractivity contribution in [2.75, 3.05) is 19.8 Å². The third-order valence-corrected chi connectivity index (χ3v) is 2.69. The highest BCUT2D eigenvalue weighted by atomic mass is 16.6. The Morgan fingerprint density at radius 2 is 2.00 bits per heavy atom. The molecule has 5 nitrogen and oxygen atoms in total. The van der Waals surface area contributed by atoms with Crippen molar-refractivity contribution >= 4 is 11.9 Å². The molecule has 1 rings (SSSR count). The van der Waals surface area contributed by atoms with Gasteiger partial charge in [-0.25, -0.2) is 4.79 Å². The van der Waals surface area contributed by atoms with E-state index in [4.69, 9.17) is 9.47 Å². The van der Waals surface area contributed by atoms with Crippen LogP contribution in [0.4, 0.5) is 0 Å². The summed E-state index contributed by atoms with van der Waals surface area (Å²) < 4.78 is 10.5. The normalized spacial score (nSPS) is 24.6. The van der Waals surface area contributed by atoms with Gasteiger partial charge in [-0.2, -0.15) is 0 Å². The van der Waals surface area contributed by atoms with E-state index in [0.717, 1.165) is 6.42 Å². The van der Waals surface area contributed by atoms with E-state index in [1.807, 2.05) is 0 Å². The topological polar surface area (TPSA) is 55.8 Å². The Balaban J connectivity index is 2.94. The van der Waals surface area contributed by atoms with E-state index in [9.17, 15) is 9.59 Å². The van der Waals surface area contributed by atoms with Gasteiger partial charge in [0.1, 0.15) is 0 Å². The minimum atomic E-state index is -1.18. The van der Waals surface area contributed by atoms with Crippen molar-refractivity contribution in [2.24, 2.45) is 0 Å². The lowest BCUT2D eigenvalue weighted by molar-refractivity contribution is -0.197. The van der Waals surface area contributed by atoms with Crippen LogP contribution in [-0.2, 0) is 19.1 Å². The van der Waals surface area contributed by atoms with Gasteiger partial charge in [0.25, 0.3) is 0 Å². The number of carbonyl (C=O) groups is 2. The number of hydrogen-bond donors (Lipinski definition) is 0. The lowest BCUT2D eigenvalue weighted by Crippen LogP contribution is -2.55. The molecule has 0 bridgehead atoms. The van der Waals surface area contributed by atoms with E-state index >= 15 is 0 Å². The SMILES string of the molecule is CCOC(=O)[C@]1(OCC)CCCN1C(C)=O. The third kappa shape index (κ3) is 2.19. The highest BCUT2D eigenvalue weighted by Crippen LogP contribution is 2.32. The maximum atomic E-state index is 11.9. The molecular weight excluding hydrogens is 210 g/mol. The van der Waals surface area contributed by atoms with Gasteiger partial charge >= 0.3 is 5.97 Å². The molecule has 1 saturated heterocycles. The molecule has 0 aromatic rings. The van der Waals surface area contributed by atoms with Crippen molar-refractivity contribution in [2.45, 2.75) is 39.3 Å². The summed E-state index contributed by atoms with van der Waals surface area (Å²) in [6, 6.07) is 0. The molecule has 1 aliphatic rings. The molecule has 16 heavy (non-hydrogen) atoms. The van der Waals surface area contributed by atoms with Crippen molar-refractivity contribution in [3.05, 3.63) is 0 Å². The molecule has 1 heterocycles. The molecule has 0 radical (unpaired) electrons. The van der Waals surface area contributed by atoms with Gasteiger partial charge in [-0.05, 0) is 20.3 Å². The molecule has 0 aliphatic carbocycles. The molecule has 1 atom stereocenters. The molecule has 0 N–H and O–H groups in total. The highest BCUT2D eigenvalue weighted by molar-refractivity contribution is 5.86. The van der Waals surface area contributed by atoms with Crippen molar-refractivity contribution in [1.29, 1.82) is 0 Å². The number of carbonyl (C=O) groups excluding carboxylic acids is 2. The third-order valence-electron chi connectivity index (χ3n) is 2.69. The second-order valence-electron chi connectivity index (χ2n) is 3.71. The Labute approximate surface area is 95.7 Å². The minimum absolute atomic E-state index is 0.154. The van der Waals surface area contributed by atoms with Gasteiger partial charge in [0.2, 0.25) is 11.6 Å². The van der Waals surface area contributed by atoms with Gasteiger partial charge in [0.05, 0.1) is 6.61 Å².